The second-order valence-corrected chi connectivity index (χ2v) is 9.99. The number of fused-ring (bicyclic) bond motifs is 1. The molecule has 0 spiro atoms. The molecule has 1 aliphatic carbocycles. The number of carbonyl (C=O) groups is 1. The van der Waals surface area contributed by atoms with Crippen LogP contribution >= 0.6 is 0 Å². The van der Waals surface area contributed by atoms with Crippen LogP contribution in [0, 0.1) is 0 Å². The number of methoxy groups -OCH3 is 1. The third-order valence-corrected chi connectivity index (χ3v) is 7.68. The van der Waals surface area contributed by atoms with E-state index in [9.17, 15) is 22.0 Å². The van der Waals surface area contributed by atoms with Crippen LogP contribution in [0.4, 0.5) is 8.78 Å². The maximum Gasteiger partial charge on any atom is 0.338 e. The zero-order valence-corrected chi connectivity index (χ0v) is 18.4. The van der Waals surface area contributed by atoms with Gasteiger partial charge in [0.2, 0.25) is 10.0 Å². The van der Waals surface area contributed by atoms with Crippen molar-refractivity contribution in [1.82, 2.24) is 4.72 Å². The van der Waals surface area contributed by atoms with Gasteiger partial charge in [-0.15, -0.1) is 0 Å². The molecule has 1 N–H and O–H groups in total. The first kappa shape index (κ1) is 22.4. The number of benzene rings is 2. The molecule has 1 saturated heterocycles. The highest BCUT2D eigenvalue weighted by Gasteiger charge is 2.44. The molecule has 3 atom stereocenters. The lowest BCUT2D eigenvalue weighted by Crippen LogP contribution is -2.36. The minimum absolute atomic E-state index is 0.106. The maximum atomic E-state index is 13.5. The van der Waals surface area contributed by atoms with Gasteiger partial charge >= 0.3 is 5.97 Å². The Kier molecular flexibility index (Phi) is 5.81. The molecule has 32 heavy (non-hydrogen) atoms. The van der Waals surface area contributed by atoms with Crippen molar-refractivity contribution in [2.75, 3.05) is 13.7 Å². The minimum Gasteiger partial charge on any atom is -0.497 e. The van der Waals surface area contributed by atoms with Gasteiger partial charge in [-0.2, -0.15) is 0 Å². The van der Waals surface area contributed by atoms with Crippen molar-refractivity contribution in [3.63, 3.8) is 0 Å². The zero-order valence-electron chi connectivity index (χ0n) is 17.5. The van der Waals surface area contributed by atoms with Crippen LogP contribution in [0.3, 0.4) is 0 Å². The van der Waals surface area contributed by atoms with E-state index < -0.39 is 33.3 Å². The van der Waals surface area contributed by atoms with Crippen molar-refractivity contribution in [2.45, 2.75) is 36.5 Å². The molecule has 1 heterocycles. The number of nitrogens with one attached hydrogen (secondary N) is 1. The van der Waals surface area contributed by atoms with E-state index in [1.54, 1.807) is 19.2 Å². The van der Waals surface area contributed by atoms with Crippen LogP contribution in [0.25, 0.3) is 0 Å². The maximum absolute atomic E-state index is 13.5. The highest BCUT2D eigenvalue weighted by molar-refractivity contribution is 7.90. The molecule has 2 aromatic rings. The van der Waals surface area contributed by atoms with E-state index in [1.165, 1.54) is 24.3 Å². The standard InChI is InChI=1S/C23H23F2NO5S/c1-23(24,25)17-7-3-15(4-8-17)22(27)31-20-12-21-16(13-26-32(21,28)29)11-19(20)14-5-9-18(30-2)10-6-14/h3-11,19-21,26H,12-13H2,1-2H3. The van der Waals surface area contributed by atoms with Gasteiger partial charge in [-0.25, -0.2) is 26.7 Å². The summed E-state index contributed by atoms with van der Waals surface area (Å²) in [5, 5.41) is -0.768. The van der Waals surface area contributed by atoms with Crippen molar-refractivity contribution in [1.29, 1.82) is 0 Å². The van der Waals surface area contributed by atoms with Crippen molar-refractivity contribution in [3.8, 4) is 5.75 Å². The molecule has 1 fully saturated rings. The van der Waals surface area contributed by atoms with Crippen LogP contribution in [0.15, 0.2) is 60.2 Å². The summed E-state index contributed by atoms with van der Waals surface area (Å²) >= 11 is 0. The molecule has 0 aromatic heterocycles. The van der Waals surface area contributed by atoms with E-state index in [0.717, 1.165) is 18.1 Å². The Labute approximate surface area is 185 Å². The van der Waals surface area contributed by atoms with E-state index in [-0.39, 0.29) is 30.0 Å². The van der Waals surface area contributed by atoms with Gasteiger partial charge in [-0.3, -0.25) is 0 Å². The molecule has 0 bridgehead atoms. The number of carbonyl (C=O) groups excluding carboxylic acids is 1. The third kappa shape index (κ3) is 4.40. The molecule has 2 aliphatic rings. The first-order valence-electron chi connectivity index (χ1n) is 10.1. The lowest BCUT2D eigenvalue weighted by Gasteiger charge is -2.32. The van der Waals surface area contributed by atoms with Gasteiger partial charge in [0.25, 0.3) is 5.92 Å². The smallest absolute Gasteiger partial charge is 0.338 e. The fourth-order valence-corrected chi connectivity index (χ4v) is 5.67. The number of alkyl halides is 2. The van der Waals surface area contributed by atoms with Crippen LogP contribution in [-0.2, 0) is 20.7 Å². The predicted molar refractivity (Wildman–Crippen MR) is 114 cm³/mol. The molecule has 0 radical (unpaired) electrons. The van der Waals surface area contributed by atoms with Crippen molar-refractivity contribution in [3.05, 3.63) is 76.9 Å². The fourth-order valence-electron chi connectivity index (χ4n) is 4.10. The quantitative estimate of drug-likeness (QED) is 0.540. The van der Waals surface area contributed by atoms with E-state index in [4.69, 9.17) is 9.47 Å². The number of halogens is 2. The second-order valence-electron chi connectivity index (χ2n) is 8.04. The summed E-state index contributed by atoms with van der Waals surface area (Å²) in [7, 11) is -1.97. The van der Waals surface area contributed by atoms with Crippen LogP contribution in [0.5, 0.6) is 5.75 Å². The van der Waals surface area contributed by atoms with E-state index in [2.05, 4.69) is 4.72 Å². The van der Waals surface area contributed by atoms with Gasteiger partial charge in [0.1, 0.15) is 17.1 Å². The molecule has 4 rings (SSSR count). The van der Waals surface area contributed by atoms with Gasteiger partial charge in [0, 0.05) is 31.4 Å². The molecule has 6 nitrogen and oxygen atoms in total. The Hall–Kier alpha value is -2.78. The Morgan fingerprint density at radius 2 is 1.75 bits per heavy atom. The molecule has 0 saturated carbocycles. The van der Waals surface area contributed by atoms with Gasteiger partial charge < -0.3 is 9.47 Å². The molecule has 3 unspecified atom stereocenters. The number of esters is 1. The topological polar surface area (TPSA) is 81.7 Å². The fraction of sp³-hybridized carbons (Fsp3) is 0.348. The van der Waals surface area contributed by atoms with Crippen molar-refractivity contribution >= 4 is 16.0 Å². The lowest BCUT2D eigenvalue weighted by atomic mass is 9.82. The van der Waals surface area contributed by atoms with Gasteiger partial charge in [-0.1, -0.05) is 30.3 Å². The molecule has 170 valence electrons. The van der Waals surface area contributed by atoms with Gasteiger partial charge in [0.05, 0.1) is 12.7 Å². The molecule has 0 amide bonds. The highest BCUT2D eigenvalue weighted by Crippen LogP contribution is 2.39. The Bertz CT molecular complexity index is 1140. The number of sulfonamides is 1. The van der Waals surface area contributed by atoms with Crippen molar-refractivity contribution < 1.29 is 31.5 Å². The van der Waals surface area contributed by atoms with Crippen LogP contribution in [0.1, 0.15) is 40.7 Å². The molecule has 1 aliphatic heterocycles. The van der Waals surface area contributed by atoms with Gasteiger partial charge in [0.15, 0.2) is 0 Å². The summed E-state index contributed by atoms with van der Waals surface area (Å²) in [6.07, 6.45) is 1.20. The summed E-state index contributed by atoms with van der Waals surface area (Å²) in [5.74, 6) is -3.40. The molecular weight excluding hydrogens is 440 g/mol. The lowest BCUT2D eigenvalue weighted by molar-refractivity contribution is 0.0168. The Morgan fingerprint density at radius 1 is 1.09 bits per heavy atom. The summed E-state index contributed by atoms with van der Waals surface area (Å²) in [4.78, 5) is 12.8. The molecular formula is C23H23F2NO5S. The number of ether oxygens (including phenoxy) is 2. The predicted octanol–water partition coefficient (Wildman–Crippen LogP) is 3.75. The SMILES string of the molecule is COc1ccc(C2C=C3CNS(=O)(=O)C3CC2OC(=O)c2ccc(C(C)(F)F)cc2)cc1. The number of hydrogen-bond donors (Lipinski definition) is 1. The van der Waals surface area contributed by atoms with Crippen LogP contribution in [-0.4, -0.2) is 39.4 Å². The van der Waals surface area contributed by atoms with E-state index >= 15 is 0 Å². The third-order valence-electron chi connectivity index (χ3n) is 5.89. The monoisotopic (exact) mass is 463 g/mol. The largest absolute Gasteiger partial charge is 0.497 e. The summed E-state index contributed by atoms with van der Waals surface area (Å²) < 4.78 is 65.1. The summed E-state index contributed by atoms with van der Waals surface area (Å²) in [5.41, 5.74) is 1.50. The van der Waals surface area contributed by atoms with E-state index in [1.807, 2.05) is 18.2 Å². The second kappa shape index (κ2) is 8.29. The van der Waals surface area contributed by atoms with E-state index in [0.29, 0.717) is 5.75 Å². The normalized spacial score (nSPS) is 24.4. The Morgan fingerprint density at radius 3 is 2.34 bits per heavy atom. The summed E-state index contributed by atoms with van der Waals surface area (Å²) in [6, 6.07) is 12.2. The van der Waals surface area contributed by atoms with Crippen molar-refractivity contribution in [2.24, 2.45) is 0 Å². The first-order chi connectivity index (χ1) is 15.1. The molecule has 9 heteroatoms. The average molecular weight is 464 g/mol. The highest BCUT2D eigenvalue weighted by atomic mass is 32.2. The number of hydrogen-bond acceptors (Lipinski definition) is 5. The number of rotatable bonds is 5. The zero-order chi connectivity index (χ0) is 23.1. The minimum atomic E-state index is -3.53. The van der Waals surface area contributed by atoms with Crippen LogP contribution < -0.4 is 9.46 Å². The Balaban J connectivity index is 1.62. The van der Waals surface area contributed by atoms with Crippen LogP contribution in [0.2, 0.25) is 0 Å². The average Bonchev–Trinajstić information content (AvgIpc) is 3.06. The first-order valence-corrected chi connectivity index (χ1v) is 11.7. The molecule has 2 aromatic carbocycles. The summed E-state index contributed by atoms with van der Waals surface area (Å²) in [6.45, 7) is 1.01. The van der Waals surface area contributed by atoms with Gasteiger partial charge in [-0.05, 0) is 35.4 Å².